The van der Waals surface area contributed by atoms with Gasteiger partial charge in [-0.3, -0.25) is 9.78 Å². The fraction of sp³-hybridized carbons (Fsp3) is 0.143. The largest absolute Gasteiger partial charge is 0.497 e. The topological polar surface area (TPSA) is 42.4 Å². The summed E-state index contributed by atoms with van der Waals surface area (Å²) in [4.78, 5) is 17.8. The normalized spacial score (nSPS) is 9.89. The molecule has 0 aliphatic heterocycles. The minimum absolute atomic E-state index is 0.0781. The third kappa shape index (κ3) is 2.48. The number of anilines is 1. The molecule has 1 amide bonds. The van der Waals surface area contributed by atoms with Crippen molar-refractivity contribution >= 4 is 11.6 Å². The van der Waals surface area contributed by atoms with Gasteiger partial charge in [-0.1, -0.05) is 0 Å². The van der Waals surface area contributed by atoms with Crippen LogP contribution in [0.3, 0.4) is 0 Å². The lowest BCUT2D eigenvalue weighted by Gasteiger charge is -2.16. The number of hydrogen-bond acceptors (Lipinski definition) is 3. The molecule has 0 saturated carbocycles. The molecular weight excluding hydrogens is 228 g/mol. The Labute approximate surface area is 106 Å². The van der Waals surface area contributed by atoms with Crippen molar-refractivity contribution in [2.75, 3.05) is 19.1 Å². The second-order valence-electron chi connectivity index (χ2n) is 3.80. The molecule has 92 valence electrons. The van der Waals surface area contributed by atoms with Gasteiger partial charge in [0.15, 0.2) is 0 Å². The van der Waals surface area contributed by atoms with E-state index < -0.39 is 0 Å². The van der Waals surface area contributed by atoms with E-state index in [9.17, 15) is 4.79 Å². The first-order valence-electron chi connectivity index (χ1n) is 5.54. The number of benzene rings is 1. The van der Waals surface area contributed by atoms with E-state index in [4.69, 9.17) is 4.74 Å². The molecule has 0 bridgehead atoms. The molecule has 0 radical (unpaired) electrons. The average Bonchev–Trinajstić information content (AvgIpc) is 2.47. The lowest BCUT2D eigenvalue weighted by atomic mass is 10.2. The van der Waals surface area contributed by atoms with E-state index in [1.807, 2.05) is 6.07 Å². The summed E-state index contributed by atoms with van der Waals surface area (Å²) in [5.41, 5.74) is 1.38. The van der Waals surface area contributed by atoms with E-state index in [0.717, 1.165) is 11.4 Å². The Kier molecular flexibility index (Phi) is 3.57. The summed E-state index contributed by atoms with van der Waals surface area (Å²) in [6, 6.07) is 10.7. The van der Waals surface area contributed by atoms with Crippen LogP contribution in [0.25, 0.3) is 0 Å². The first kappa shape index (κ1) is 12.1. The van der Waals surface area contributed by atoms with Crippen LogP contribution in [0.1, 0.15) is 10.4 Å². The summed E-state index contributed by atoms with van der Waals surface area (Å²) in [6.45, 7) is 0. The minimum Gasteiger partial charge on any atom is -0.497 e. The maximum atomic E-state index is 12.2. The number of amides is 1. The Balaban J connectivity index is 2.20. The molecule has 0 saturated heterocycles. The predicted molar refractivity (Wildman–Crippen MR) is 70.0 cm³/mol. The molecule has 1 aromatic heterocycles. The molecule has 0 unspecified atom stereocenters. The number of aromatic nitrogens is 1. The van der Waals surface area contributed by atoms with Crippen LogP contribution in [0.5, 0.6) is 5.75 Å². The van der Waals surface area contributed by atoms with Gasteiger partial charge in [0.1, 0.15) is 5.75 Å². The van der Waals surface area contributed by atoms with E-state index in [2.05, 4.69) is 4.98 Å². The van der Waals surface area contributed by atoms with Gasteiger partial charge in [-0.05, 0) is 36.4 Å². The molecule has 4 nitrogen and oxygen atoms in total. The number of carbonyl (C=O) groups excluding carboxylic acids is 1. The molecule has 0 atom stereocenters. The average molecular weight is 242 g/mol. The summed E-state index contributed by atoms with van der Waals surface area (Å²) < 4.78 is 5.06. The Morgan fingerprint density at radius 1 is 1.22 bits per heavy atom. The zero-order chi connectivity index (χ0) is 13.0. The molecule has 2 rings (SSSR count). The lowest BCUT2D eigenvalue weighted by molar-refractivity contribution is 0.0993. The number of hydrogen-bond donors (Lipinski definition) is 0. The first-order valence-corrected chi connectivity index (χ1v) is 5.54. The highest BCUT2D eigenvalue weighted by Crippen LogP contribution is 2.16. The molecule has 4 heteroatoms. The second kappa shape index (κ2) is 5.31. The van der Waals surface area contributed by atoms with Crippen molar-refractivity contribution in [3.8, 4) is 5.75 Å². The zero-order valence-electron chi connectivity index (χ0n) is 10.3. The lowest BCUT2D eigenvalue weighted by Crippen LogP contribution is -2.26. The quantitative estimate of drug-likeness (QED) is 0.829. The molecule has 1 heterocycles. The van der Waals surface area contributed by atoms with Crippen molar-refractivity contribution < 1.29 is 9.53 Å². The summed E-state index contributed by atoms with van der Waals surface area (Å²) in [7, 11) is 3.32. The fourth-order valence-electron chi connectivity index (χ4n) is 1.60. The van der Waals surface area contributed by atoms with Gasteiger partial charge in [0.25, 0.3) is 5.91 Å². The Hall–Kier alpha value is -2.36. The van der Waals surface area contributed by atoms with Gasteiger partial charge < -0.3 is 9.64 Å². The van der Waals surface area contributed by atoms with E-state index >= 15 is 0 Å². The summed E-state index contributed by atoms with van der Waals surface area (Å²) >= 11 is 0. The van der Waals surface area contributed by atoms with Crippen molar-refractivity contribution in [3.63, 3.8) is 0 Å². The number of pyridine rings is 1. The van der Waals surface area contributed by atoms with Gasteiger partial charge in [0.2, 0.25) is 0 Å². The fourth-order valence-corrected chi connectivity index (χ4v) is 1.60. The van der Waals surface area contributed by atoms with Crippen LogP contribution in [0.15, 0.2) is 48.8 Å². The van der Waals surface area contributed by atoms with E-state index in [1.54, 1.807) is 61.8 Å². The Morgan fingerprint density at radius 3 is 2.50 bits per heavy atom. The third-order valence-corrected chi connectivity index (χ3v) is 2.67. The first-order chi connectivity index (χ1) is 8.72. The number of methoxy groups -OCH3 is 1. The van der Waals surface area contributed by atoms with Crippen molar-refractivity contribution in [3.05, 3.63) is 54.4 Å². The maximum Gasteiger partial charge on any atom is 0.258 e. The van der Waals surface area contributed by atoms with E-state index in [0.29, 0.717) is 5.56 Å². The van der Waals surface area contributed by atoms with Crippen LogP contribution in [0.2, 0.25) is 0 Å². The standard InChI is InChI=1S/C14H14N2O2/c1-16(12-4-3-9-15-10-12)14(17)11-5-7-13(18-2)8-6-11/h3-10H,1-2H3. The van der Waals surface area contributed by atoms with Crippen LogP contribution in [0.4, 0.5) is 5.69 Å². The van der Waals surface area contributed by atoms with Crippen molar-refractivity contribution in [1.82, 2.24) is 4.98 Å². The van der Waals surface area contributed by atoms with Gasteiger partial charge in [-0.2, -0.15) is 0 Å². The monoisotopic (exact) mass is 242 g/mol. The maximum absolute atomic E-state index is 12.2. The number of ether oxygens (including phenoxy) is 1. The molecule has 1 aromatic carbocycles. The molecular formula is C14H14N2O2. The van der Waals surface area contributed by atoms with Crippen molar-refractivity contribution in [2.24, 2.45) is 0 Å². The van der Waals surface area contributed by atoms with Crippen molar-refractivity contribution in [1.29, 1.82) is 0 Å². The second-order valence-corrected chi connectivity index (χ2v) is 3.80. The molecule has 0 spiro atoms. The van der Waals surface area contributed by atoms with Gasteiger partial charge >= 0.3 is 0 Å². The van der Waals surface area contributed by atoms with Gasteiger partial charge in [-0.25, -0.2) is 0 Å². The van der Waals surface area contributed by atoms with Crippen LogP contribution in [0, 0.1) is 0 Å². The van der Waals surface area contributed by atoms with Gasteiger partial charge in [0.05, 0.1) is 19.0 Å². The van der Waals surface area contributed by atoms with E-state index in [-0.39, 0.29) is 5.91 Å². The molecule has 2 aromatic rings. The third-order valence-electron chi connectivity index (χ3n) is 2.67. The number of nitrogens with zero attached hydrogens (tertiary/aromatic N) is 2. The molecule has 0 aliphatic rings. The molecule has 0 N–H and O–H groups in total. The molecule has 18 heavy (non-hydrogen) atoms. The van der Waals surface area contributed by atoms with Crippen LogP contribution in [-0.2, 0) is 0 Å². The van der Waals surface area contributed by atoms with Crippen LogP contribution in [-0.4, -0.2) is 25.0 Å². The SMILES string of the molecule is COc1ccc(C(=O)N(C)c2cccnc2)cc1. The summed E-state index contributed by atoms with van der Waals surface area (Å²) in [6.07, 6.45) is 3.33. The predicted octanol–water partition coefficient (Wildman–Crippen LogP) is 2.37. The Bertz CT molecular complexity index is 523. The van der Waals surface area contributed by atoms with Crippen molar-refractivity contribution in [2.45, 2.75) is 0 Å². The molecule has 0 fully saturated rings. The Morgan fingerprint density at radius 2 is 1.94 bits per heavy atom. The molecule has 0 aliphatic carbocycles. The smallest absolute Gasteiger partial charge is 0.258 e. The highest BCUT2D eigenvalue weighted by atomic mass is 16.5. The highest BCUT2D eigenvalue weighted by Gasteiger charge is 2.13. The zero-order valence-corrected chi connectivity index (χ0v) is 10.3. The van der Waals surface area contributed by atoms with Gasteiger partial charge in [0, 0.05) is 18.8 Å². The summed E-state index contributed by atoms with van der Waals surface area (Å²) in [5, 5.41) is 0. The summed E-state index contributed by atoms with van der Waals surface area (Å²) in [5.74, 6) is 0.654. The van der Waals surface area contributed by atoms with Crippen LogP contribution >= 0.6 is 0 Å². The number of carbonyl (C=O) groups is 1. The van der Waals surface area contributed by atoms with Gasteiger partial charge in [-0.15, -0.1) is 0 Å². The highest BCUT2D eigenvalue weighted by molar-refractivity contribution is 6.05. The number of rotatable bonds is 3. The van der Waals surface area contributed by atoms with Crippen LogP contribution < -0.4 is 9.64 Å². The van der Waals surface area contributed by atoms with E-state index in [1.165, 1.54) is 0 Å². The minimum atomic E-state index is -0.0781.